The predicted octanol–water partition coefficient (Wildman–Crippen LogP) is 3.60. The summed E-state index contributed by atoms with van der Waals surface area (Å²) < 4.78 is 5.08. The van der Waals surface area contributed by atoms with Crippen LogP contribution in [-0.4, -0.2) is 25.5 Å². The average molecular weight is 211 g/mol. The van der Waals surface area contributed by atoms with Gasteiger partial charge in [0.2, 0.25) is 0 Å². The van der Waals surface area contributed by atoms with E-state index in [1.54, 1.807) is 0 Å². The lowest BCUT2D eigenvalue weighted by molar-refractivity contribution is 0.413. The first-order valence-electron chi connectivity index (χ1n) is 6.53. The standard InChI is InChI=1S/C13H25NO/c1-2-3-4-5-6-7-8-9-10-14-11-13-12-15-13/h10,13H,2-9,11-12H2,1H3. The molecule has 0 aromatic carbocycles. The molecule has 0 radical (unpaired) electrons. The highest BCUT2D eigenvalue weighted by Crippen LogP contribution is 2.09. The molecule has 1 heterocycles. The Morgan fingerprint density at radius 3 is 2.47 bits per heavy atom. The van der Waals surface area contributed by atoms with Crippen LogP contribution in [0.3, 0.4) is 0 Å². The van der Waals surface area contributed by atoms with Gasteiger partial charge >= 0.3 is 0 Å². The number of hydrogen-bond acceptors (Lipinski definition) is 2. The molecule has 1 fully saturated rings. The second-order valence-electron chi connectivity index (χ2n) is 4.41. The van der Waals surface area contributed by atoms with Gasteiger partial charge in [0, 0.05) is 0 Å². The number of hydrogen-bond donors (Lipinski definition) is 0. The predicted molar refractivity (Wildman–Crippen MR) is 65.7 cm³/mol. The molecule has 1 saturated heterocycles. The molecule has 0 aliphatic carbocycles. The van der Waals surface area contributed by atoms with Crippen molar-refractivity contribution in [2.24, 2.45) is 4.99 Å². The van der Waals surface area contributed by atoms with E-state index in [0.717, 1.165) is 19.6 Å². The fraction of sp³-hybridized carbons (Fsp3) is 0.923. The SMILES string of the molecule is CCCCCCCCCC=NCC1CO1. The van der Waals surface area contributed by atoms with Crippen molar-refractivity contribution >= 4 is 6.21 Å². The van der Waals surface area contributed by atoms with Gasteiger partial charge in [0.1, 0.15) is 6.10 Å². The van der Waals surface area contributed by atoms with Crippen molar-refractivity contribution in [1.29, 1.82) is 0 Å². The molecule has 0 aromatic rings. The van der Waals surface area contributed by atoms with Crippen molar-refractivity contribution in [2.45, 2.75) is 64.4 Å². The van der Waals surface area contributed by atoms with Crippen LogP contribution in [0, 0.1) is 0 Å². The van der Waals surface area contributed by atoms with Crippen molar-refractivity contribution in [3.05, 3.63) is 0 Å². The van der Waals surface area contributed by atoms with Gasteiger partial charge in [-0.25, -0.2) is 0 Å². The minimum atomic E-state index is 0.454. The fourth-order valence-corrected chi connectivity index (χ4v) is 1.65. The van der Waals surface area contributed by atoms with E-state index in [0.29, 0.717) is 6.10 Å². The molecule has 0 amide bonds. The van der Waals surface area contributed by atoms with Crippen LogP contribution in [0.25, 0.3) is 0 Å². The summed E-state index contributed by atoms with van der Waals surface area (Å²) in [4.78, 5) is 4.33. The maximum atomic E-state index is 5.08. The molecule has 1 aliphatic rings. The largest absolute Gasteiger partial charge is 0.371 e. The van der Waals surface area contributed by atoms with Crippen LogP contribution in [-0.2, 0) is 4.74 Å². The van der Waals surface area contributed by atoms with Gasteiger partial charge in [-0.15, -0.1) is 0 Å². The zero-order valence-electron chi connectivity index (χ0n) is 10.1. The second kappa shape index (κ2) is 8.90. The molecule has 1 aliphatic heterocycles. The van der Waals surface area contributed by atoms with Crippen LogP contribution >= 0.6 is 0 Å². The zero-order valence-corrected chi connectivity index (χ0v) is 10.1. The number of aliphatic imine (C=N–C) groups is 1. The number of rotatable bonds is 10. The van der Waals surface area contributed by atoms with E-state index < -0.39 is 0 Å². The molecule has 0 saturated carbocycles. The molecule has 88 valence electrons. The molecule has 1 rings (SSSR count). The molecule has 0 aromatic heterocycles. The van der Waals surface area contributed by atoms with Gasteiger partial charge < -0.3 is 4.74 Å². The molecule has 1 unspecified atom stereocenters. The third kappa shape index (κ3) is 8.61. The Balaban J connectivity index is 1.70. The quantitative estimate of drug-likeness (QED) is 0.308. The maximum Gasteiger partial charge on any atom is 0.100 e. The van der Waals surface area contributed by atoms with Crippen LogP contribution in [0.4, 0.5) is 0 Å². The first-order valence-corrected chi connectivity index (χ1v) is 6.53. The van der Waals surface area contributed by atoms with E-state index in [9.17, 15) is 0 Å². The van der Waals surface area contributed by atoms with Gasteiger partial charge in [0.15, 0.2) is 0 Å². The average Bonchev–Trinajstić information content (AvgIpc) is 3.05. The molecule has 1 atom stereocenters. The molecule has 0 N–H and O–H groups in total. The van der Waals surface area contributed by atoms with Crippen LogP contribution in [0.2, 0.25) is 0 Å². The van der Waals surface area contributed by atoms with E-state index in [-0.39, 0.29) is 0 Å². The van der Waals surface area contributed by atoms with Gasteiger partial charge in [-0.05, 0) is 19.1 Å². The van der Waals surface area contributed by atoms with Gasteiger partial charge in [-0.1, -0.05) is 45.4 Å². The summed E-state index contributed by atoms with van der Waals surface area (Å²) in [5.74, 6) is 0. The Hall–Kier alpha value is -0.370. The first kappa shape index (κ1) is 12.7. The van der Waals surface area contributed by atoms with Crippen molar-refractivity contribution in [3.8, 4) is 0 Å². The summed E-state index contributed by atoms with van der Waals surface area (Å²) in [5.41, 5.74) is 0. The first-order chi connectivity index (χ1) is 7.43. The maximum absolute atomic E-state index is 5.08. The molecular weight excluding hydrogens is 186 g/mol. The smallest absolute Gasteiger partial charge is 0.100 e. The Bertz CT molecular complexity index is 164. The van der Waals surface area contributed by atoms with Gasteiger partial charge in [-0.2, -0.15) is 0 Å². The molecule has 15 heavy (non-hydrogen) atoms. The van der Waals surface area contributed by atoms with E-state index in [2.05, 4.69) is 18.1 Å². The second-order valence-corrected chi connectivity index (χ2v) is 4.41. The summed E-state index contributed by atoms with van der Waals surface area (Å²) in [5, 5.41) is 0. The number of epoxide rings is 1. The number of ether oxygens (including phenoxy) is 1. The van der Waals surface area contributed by atoms with E-state index in [1.807, 2.05) is 0 Å². The van der Waals surface area contributed by atoms with Gasteiger partial charge in [-0.3, -0.25) is 4.99 Å². The van der Waals surface area contributed by atoms with Crippen LogP contribution in [0.15, 0.2) is 4.99 Å². The highest BCUT2D eigenvalue weighted by atomic mass is 16.6. The summed E-state index contributed by atoms with van der Waals surface area (Å²) in [6, 6.07) is 0. The summed E-state index contributed by atoms with van der Waals surface area (Å²) in [6.45, 7) is 4.07. The van der Waals surface area contributed by atoms with E-state index in [4.69, 9.17) is 4.74 Å². The lowest BCUT2D eigenvalue weighted by Gasteiger charge is -1.98. The van der Waals surface area contributed by atoms with Crippen molar-refractivity contribution < 1.29 is 4.74 Å². The lowest BCUT2D eigenvalue weighted by atomic mass is 10.1. The molecule has 2 heteroatoms. The Labute approximate surface area is 94.1 Å². The normalized spacial score (nSPS) is 19.9. The topological polar surface area (TPSA) is 24.9 Å². The third-order valence-electron chi connectivity index (χ3n) is 2.78. The molecular formula is C13H25NO. The van der Waals surface area contributed by atoms with Crippen molar-refractivity contribution in [1.82, 2.24) is 0 Å². The zero-order chi connectivity index (χ0) is 10.8. The van der Waals surface area contributed by atoms with Crippen molar-refractivity contribution in [2.75, 3.05) is 13.2 Å². The number of nitrogens with zero attached hydrogens (tertiary/aromatic N) is 1. The molecule has 0 spiro atoms. The van der Waals surface area contributed by atoms with Crippen LogP contribution < -0.4 is 0 Å². The van der Waals surface area contributed by atoms with Crippen LogP contribution in [0.5, 0.6) is 0 Å². The van der Waals surface area contributed by atoms with Crippen molar-refractivity contribution in [3.63, 3.8) is 0 Å². The van der Waals surface area contributed by atoms with Gasteiger partial charge in [0.25, 0.3) is 0 Å². The fourth-order valence-electron chi connectivity index (χ4n) is 1.65. The summed E-state index contributed by atoms with van der Waals surface area (Å²) >= 11 is 0. The number of unbranched alkanes of at least 4 members (excludes halogenated alkanes) is 7. The third-order valence-corrected chi connectivity index (χ3v) is 2.78. The Kier molecular flexibility index (Phi) is 7.53. The summed E-state index contributed by atoms with van der Waals surface area (Å²) in [6.07, 6.45) is 13.4. The Morgan fingerprint density at radius 2 is 1.80 bits per heavy atom. The highest BCUT2D eigenvalue weighted by Gasteiger charge is 2.20. The highest BCUT2D eigenvalue weighted by molar-refractivity contribution is 5.57. The minimum absolute atomic E-state index is 0.454. The lowest BCUT2D eigenvalue weighted by Crippen LogP contribution is -1.90. The van der Waals surface area contributed by atoms with E-state index >= 15 is 0 Å². The van der Waals surface area contributed by atoms with E-state index in [1.165, 1.54) is 44.9 Å². The minimum Gasteiger partial charge on any atom is -0.371 e. The monoisotopic (exact) mass is 211 g/mol. The summed E-state index contributed by atoms with van der Waals surface area (Å²) in [7, 11) is 0. The Morgan fingerprint density at radius 1 is 1.13 bits per heavy atom. The van der Waals surface area contributed by atoms with Gasteiger partial charge in [0.05, 0.1) is 13.2 Å². The van der Waals surface area contributed by atoms with Crippen LogP contribution in [0.1, 0.15) is 58.3 Å². The molecule has 2 nitrogen and oxygen atoms in total. The molecule has 0 bridgehead atoms.